The summed E-state index contributed by atoms with van der Waals surface area (Å²) in [6, 6.07) is 6.62. The average molecular weight is 267 g/mol. The third-order valence-electron chi connectivity index (χ3n) is 3.54. The van der Waals surface area contributed by atoms with Gasteiger partial charge in [0, 0.05) is 23.3 Å². The van der Waals surface area contributed by atoms with Crippen LogP contribution in [0.5, 0.6) is 0 Å². The van der Waals surface area contributed by atoms with Crippen LogP contribution in [0.4, 0.5) is 5.69 Å². The Kier molecular flexibility index (Phi) is 4.52. The van der Waals surface area contributed by atoms with Crippen molar-refractivity contribution in [2.24, 2.45) is 5.92 Å². The first-order chi connectivity index (χ1) is 8.56. The van der Waals surface area contributed by atoms with E-state index in [-0.39, 0.29) is 0 Å². The Bertz CT molecular complexity index is 399. The molecule has 2 N–H and O–H groups in total. The molecular weight excluding hydrogens is 244 g/mol. The summed E-state index contributed by atoms with van der Waals surface area (Å²) >= 11 is 5.94. The molecule has 1 fully saturated rings. The largest absolute Gasteiger partial charge is 0.398 e. The summed E-state index contributed by atoms with van der Waals surface area (Å²) < 4.78 is 0. The normalized spacial score (nSPS) is 15.6. The molecule has 0 aromatic heterocycles. The predicted octanol–water partition coefficient (Wildman–Crippen LogP) is 3.93. The van der Waals surface area contributed by atoms with Gasteiger partial charge in [-0.2, -0.15) is 0 Å². The van der Waals surface area contributed by atoms with Crippen LogP contribution in [-0.4, -0.2) is 17.5 Å². The fourth-order valence-electron chi connectivity index (χ4n) is 2.18. The Labute approximate surface area is 115 Å². The van der Waals surface area contributed by atoms with Crippen molar-refractivity contribution >= 4 is 17.3 Å². The number of anilines is 1. The van der Waals surface area contributed by atoms with Gasteiger partial charge in [-0.25, -0.2) is 0 Å². The number of benzene rings is 1. The molecule has 1 saturated carbocycles. The van der Waals surface area contributed by atoms with Crippen LogP contribution in [-0.2, 0) is 6.54 Å². The summed E-state index contributed by atoms with van der Waals surface area (Å²) in [6.45, 7) is 6.69. The first kappa shape index (κ1) is 13.7. The minimum absolute atomic E-state index is 0.719. The zero-order chi connectivity index (χ0) is 13.1. The van der Waals surface area contributed by atoms with E-state index < -0.39 is 0 Å². The van der Waals surface area contributed by atoms with Gasteiger partial charge < -0.3 is 5.73 Å². The Morgan fingerprint density at radius 2 is 2.11 bits per heavy atom. The van der Waals surface area contributed by atoms with Gasteiger partial charge in [-0.1, -0.05) is 31.5 Å². The number of rotatable bonds is 6. The summed E-state index contributed by atoms with van der Waals surface area (Å²) in [4.78, 5) is 2.57. The number of nitrogens with zero attached hydrogens (tertiary/aromatic N) is 1. The molecule has 0 unspecified atom stereocenters. The minimum atomic E-state index is 0.719. The highest BCUT2D eigenvalue weighted by Crippen LogP contribution is 2.30. The molecule has 1 aromatic carbocycles. The van der Waals surface area contributed by atoms with Crippen molar-refractivity contribution in [2.45, 2.75) is 45.7 Å². The predicted molar refractivity (Wildman–Crippen MR) is 78.8 cm³/mol. The first-order valence-electron chi connectivity index (χ1n) is 6.84. The second-order valence-corrected chi connectivity index (χ2v) is 6.16. The number of nitrogens with two attached hydrogens (primary N) is 1. The molecule has 0 atom stereocenters. The highest BCUT2D eigenvalue weighted by Gasteiger charge is 2.28. The smallest absolute Gasteiger partial charge is 0.0426 e. The van der Waals surface area contributed by atoms with Gasteiger partial charge in [0.25, 0.3) is 0 Å². The number of hydrogen-bond donors (Lipinski definition) is 1. The van der Waals surface area contributed by atoms with Crippen molar-refractivity contribution < 1.29 is 0 Å². The lowest BCUT2D eigenvalue weighted by Gasteiger charge is -2.23. The van der Waals surface area contributed by atoms with Crippen molar-refractivity contribution in [3.8, 4) is 0 Å². The molecule has 2 rings (SSSR count). The molecule has 2 nitrogen and oxygen atoms in total. The summed E-state index contributed by atoms with van der Waals surface area (Å²) in [5.41, 5.74) is 8.06. The van der Waals surface area contributed by atoms with Gasteiger partial charge in [0.05, 0.1) is 0 Å². The zero-order valence-corrected chi connectivity index (χ0v) is 12.1. The van der Waals surface area contributed by atoms with Crippen molar-refractivity contribution in [3.05, 3.63) is 28.8 Å². The number of nitrogen functional groups attached to an aromatic ring is 1. The molecule has 100 valence electrons. The highest BCUT2D eigenvalue weighted by molar-refractivity contribution is 6.30. The minimum Gasteiger partial charge on any atom is -0.398 e. The van der Waals surface area contributed by atoms with Crippen LogP contribution in [0.1, 0.15) is 38.7 Å². The molecule has 0 aliphatic heterocycles. The third kappa shape index (κ3) is 3.89. The molecule has 0 spiro atoms. The quantitative estimate of drug-likeness (QED) is 0.791. The van der Waals surface area contributed by atoms with Crippen LogP contribution in [0.15, 0.2) is 18.2 Å². The maximum absolute atomic E-state index is 6.04. The van der Waals surface area contributed by atoms with Gasteiger partial charge in [0.2, 0.25) is 0 Å². The molecule has 1 aliphatic rings. The first-order valence-corrected chi connectivity index (χ1v) is 7.22. The van der Waals surface area contributed by atoms with Gasteiger partial charge in [0.1, 0.15) is 0 Å². The maximum atomic E-state index is 6.04. The molecule has 0 amide bonds. The Morgan fingerprint density at radius 3 is 2.67 bits per heavy atom. The lowest BCUT2D eigenvalue weighted by molar-refractivity contribution is 0.240. The highest BCUT2D eigenvalue weighted by atomic mass is 35.5. The fourth-order valence-corrected chi connectivity index (χ4v) is 2.36. The molecule has 3 heteroatoms. The second kappa shape index (κ2) is 5.94. The van der Waals surface area contributed by atoms with Crippen LogP contribution >= 0.6 is 11.6 Å². The van der Waals surface area contributed by atoms with Gasteiger partial charge >= 0.3 is 0 Å². The van der Waals surface area contributed by atoms with Gasteiger partial charge in [0.15, 0.2) is 0 Å². The van der Waals surface area contributed by atoms with E-state index in [1.165, 1.54) is 31.4 Å². The topological polar surface area (TPSA) is 29.3 Å². The average Bonchev–Trinajstić information content (AvgIpc) is 3.10. The van der Waals surface area contributed by atoms with Crippen LogP contribution in [0.2, 0.25) is 5.02 Å². The molecule has 18 heavy (non-hydrogen) atoms. The second-order valence-electron chi connectivity index (χ2n) is 5.73. The number of halogens is 1. The fraction of sp³-hybridized carbons (Fsp3) is 0.600. The Morgan fingerprint density at radius 1 is 1.39 bits per heavy atom. The molecule has 0 heterocycles. The van der Waals surface area contributed by atoms with E-state index in [9.17, 15) is 0 Å². The van der Waals surface area contributed by atoms with E-state index in [1.807, 2.05) is 12.1 Å². The lowest BCUT2D eigenvalue weighted by Crippen LogP contribution is -2.27. The maximum Gasteiger partial charge on any atom is 0.0426 e. The van der Waals surface area contributed by atoms with Crippen molar-refractivity contribution in [1.29, 1.82) is 0 Å². The molecule has 0 radical (unpaired) electrons. The van der Waals surface area contributed by atoms with Crippen molar-refractivity contribution in [1.82, 2.24) is 4.90 Å². The van der Waals surface area contributed by atoms with E-state index in [1.54, 1.807) is 0 Å². The van der Waals surface area contributed by atoms with Gasteiger partial charge in [-0.05, 0) is 49.4 Å². The SMILES string of the molecule is CC(C)CCN(Cc1ccc(Cl)cc1N)C1CC1. The van der Waals surface area contributed by atoms with Crippen LogP contribution < -0.4 is 5.73 Å². The van der Waals surface area contributed by atoms with E-state index >= 15 is 0 Å². The third-order valence-corrected chi connectivity index (χ3v) is 3.77. The lowest BCUT2D eigenvalue weighted by atomic mass is 10.1. The Hall–Kier alpha value is -0.730. The summed E-state index contributed by atoms with van der Waals surface area (Å²) in [6.07, 6.45) is 3.93. The molecule has 0 bridgehead atoms. The summed E-state index contributed by atoms with van der Waals surface area (Å²) in [5.74, 6) is 0.758. The standard InChI is InChI=1S/C15H23ClN2/c1-11(2)7-8-18(14-5-6-14)10-12-3-4-13(16)9-15(12)17/h3-4,9,11,14H,5-8,10,17H2,1-2H3. The van der Waals surface area contributed by atoms with Crippen LogP contribution in [0.25, 0.3) is 0 Å². The van der Waals surface area contributed by atoms with Crippen molar-refractivity contribution in [2.75, 3.05) is 12.3 Å². The van der Waals surface area contributed by atoms with E-state index in [4.69, 9.17) is 17.3 Å². The van der Waals surface area contributed by atoms with E-state index in [0.29, 0.717) is 0 Å². The summed E-state index contributed by atoms with van der Waals surface area (Å²) in [5, 5.41) is 0.719. The van der Waals surface area contributed by atoms with E-state index in [0.717, 1.165) is 29.2 Å². The van der Waals surface area contributed by atoms with E-state index in [2.05, 4.69) is 24.8 Å². The summed E-state index contributed by atoms with van der Waals surface area (Å²) in [7, 11) is 0. The zero-order valence-electron chi connectivity index (χ0n) is 11.3. The number of hydrogen-bond acceptors (Lipinski definition) is 2. The van der Waals surface area contributed by atoms with Gasteiger partial charge in [-0.15, -0.1) is 0 Å². The van der Waals surface area contributed by atoms with Crippen molar-refractivity contribution in [3.63, 3.8) is 0 Å². The molecule has 1 aliphatic carbocycles. The monoisotopic (exact) mass is 266 g/mol. The van der Waals surface area contributed by atoms with Gasteiger partial charge in [-0.3, -0.25) is 4.90 Å². The Balaban J connectivity index is 1.99. The molecular formula is C15H23ClN2. The van der Waals surface area contributed by atoms with Crippen LogP contribution in [0.3, 0.4) is 0 Å². The molecule has 1 aromatic rings. The molecule has 0 saturated heterocycles. The van der Waals surface area contributed by atoms with Crippen LogP contribution in [0, 0.1) is 5.92 Å².